The third-order valence-corrected chi connectivity index (χ3v) is 3.71. The van der Waals surface area contributed by atoms with Crippen molar-refractivity contribution in [1.29, 1.82) is 0 Å². The summed E-state index contributed by atoms with van der Waals surface area (Å²) in [6.45, 7) is 2.76. The lowest BCUT2D eigenvalue weighted by molar-refractivity contribution is -0.119. The molecule has 104 valence electrons. The molecule has 1 amide bonds. The van der Waals surface area contributed by atoms with Gasteiger partial charge in [0, 0.05) is 29.1 Å². The van der Waals surface area contributed by atoms with Crippen LogP contribution in [0.1, 0.15) is 11.1 Å². The minimum absolute atomic E-state index is 0.0468. The van der Waals surface area contributed by atoms with Crippen LogP contribution >= 0.6 is 15.9 Å². The third kappa shape index (κ3) is 4.35. The van der Waals surface area contributed by atoms with Crippen molar-refractivity contribution in [3.63, 3.8) is 0 Å². The number of hydrogen-bond donors (Lipinski definition) is 2. The highest BCUT2D eigenvalue weighted by Gasteiger charge is 2.02. The van der Waals surface area contributed by atoms with Crippen LogP contribution in [0, 0.1) is 6.92 Å². The van der Waals surface area contributed by atoms with Crippen molar-refractivity contribution >= 4 is 27.5 Å². The molecule has 4 nitrogen and oxygen atoms in total. The van der Waals surface area contributed by atoms with E-state index in [2.05, 4.69) is 31.5 Å². The van der Waals surface area contributed by atoms with Crippen LogP contribution in [0.2, 0.25) is 0 Å². The lowest BCUT2D eigenvalue weighted by Crippen LogP contribution is -2.29. The Bertz CT molecular complexity index is 587. The van der Waals surface area contributed by atoms with Crippen LogP contribution in [0.25, 0.3) is 0 Å². The molecule has 0 saturated carbocycles. The predicted molar refractivity (Wildman–Crippen MR) is 83.5 cm³/mol. The average Bonchev–Trinajstić information content (AvgIpc) is 2.47. The number of carbonyl (C=O) groups excluding carboxylic acids is 1. The highest BCUT2D eigenvalue weighted by molar-refractivity contribution is 9.10. The fraction of sp³-hybridized carbons (Fsp3) is 0.200. The van der Waals surface area contributed by atoms with Gasteiger partial charge in [0.05, 0.1) is 6.54 Å². The van der Waals surface area contributed by atoms with Gasteiger partial charge in [-0.2, -0.15) is 0 Å². The summed E-state index contributed by atoms with van der Waals surface area (Å²) in [5.74, 6) is -0.0468. The van der Waals surface area contributed by atoms with Gasteiger partial charge >= 0.3 is 0 Å². The number of aromatic nitrogens is 1. The minimum atomic E-state index is -0.0468. The number of aryl methyl sites for hydroxylation is 1. The normalized spacial score (nSPS) is 10.1. The molecular formula is C15H16BrN3O. The molecule has 0 aliphatic carbocycles. The van der Waals surface area contributed by atoms with E-state index in [0.29, 0.717) is 6.54 Å². The summed E-state index contributed by atoms with van der Waals surface area (Å²) >= 11 is 3.45. The van der Waals surface area contributed by atoms with Gasteiger partial charge in [0.2, 0.25) is 5.91 Å². The van der Waals surface area contributed by atoms with Gasteiger partial charge in [0.25, 0.3) is 0 Å². The molecule has 2 N–H and O–H groups in total. The minimum Gasteiger partial charge on any atom is -0.376 e. The van der Waals surface area contributed by atoms with E-state index >= 15 is 0 Å². The van der Waals surface area contributed by atoms with Gasteiger partial charge in [-0.25, -0.2) is 0 Å². The molecule has 1 aromatic carbocycles. The van der Waals surface area contributed by atoms with Gasteiger partial charge in [0.1, 0.15) is 0 Å². The lowest BCUT2D eigenvalue weighted by Gasteiger charge is -2.09. The molecule has 5 heteroatoms. The van der Waals surface area contributed by atoms with E-state index in [-0.39, 0.29) is 12.5 Å². The molecule has 0 spiro atoms. The van der Waals surface area contributed by atoms with Crippen molar-refractivity contribution < 1.29 is 4.79 Å². The number of amides is 1. The van der Waals surface area contributed by atoms with Crippen LogP contribution in [0.15, 0.2) is 47.2 Å². The van der Waals surface area contributed by atoms with Gasteiger partial charge in [0.15, 0.2) is 0 Å². The summed E-state index contributed by atoms with van der Waals surface area (Å²) in [5, 5.41) is 5.94. The average molecular weight is 334 g/mol. The molecular weight excluding hydrogens is 318 g/mol. The largest absolute Gasteiger partial charge is 0.376 e. The quantitative estimate of drug-likeness (QED) is 0.884. The number of halogens is 1. The van der Waals surface area contributed by atoms with E-state index in [0.717, 1.165) is 21.3 Å². The van der Waals surface area contributed by atoms with Crippen LogP contribution in [-0.4, -0.2) is 17.4 Å². The summed E-state index contributed by atoms with van der Waals surface area (Å²) in [4.78, 5) is 15.7. The van der Waals surface area contributed by atoms with E-state index < -0.39 is 0 Å². The summed E-state index contributed by atoms with van der Waals surface area (Å²) in [7, 11) is 0. The predicted octanol–water partition coefficient (Wildman–Crippen LogP) is 2.88. The zero-order valence-electron chi connectivity index (χ0n) is 11.2. The molecule has 0 aliphatic rings. The van der Waals surface area contributed by atoms with Gasteiger partial charge in [-0.3, -0.25) is 9.78 Å². The first-order chi connectivity index (χ1) is 9.65. The third-order valence-electron chi connectivity index (χ3n) is 2.82. The van der Waals surface area contributed by atoms with Crippen molar-refractivity contribution in [2.45, 2.75) is 13.5 Å². The topological polar surface area (TPSA) is 54.0 Å². The molecule has 0 bridgehead atoms. The number of pyridine rings is 1. The number of nitrogens with one attached hydrogen (secondary N) is 2. The Morgan fingerprint density at radius 2 is 2.20 bits per heavy atom. The summed E-state index contributed by atoms with van der Waals surface area (Å²) in [6, 6.07) is 9.68. The zero-order chi connectivity index (χ0) is 14.4. The number of benzene rings is 1. The van der Waals surface area contributed by atoms with Crippen LogP contribution in [0.3, 0.4) is 0 Å². The van der Waals surface area contributed by atoms with E-state index in [9.17, 15) is 4.79 Å². The fourth-order valence-electron chi connectivity index (χ4n) is 1.70. The summed E-state index contributed by atoms with van der Waals surface area (Å²) in [6.07, 6.45) is 3.45. The van der Waals surface area contributed by atoms with Gasteiger partial charge in [-0.05, 0) is 42.3 Å². The first-order valence-electron chi connectivity index (χ1n) is 6.31. The van der Waals surface area contributed by atoms with E-state index in [1.165, 1.54) is 0 Å². The Labute approximate surface area is 126 Å². The first-order valence-corrected chi connectivity index (χ1v) is 7.10. The number of carbonyl (C=O) groups is 1. The number of anilines is 1. The molecule has 0 aliphatic heterocycles. The lowest BCUT2D eigenvalue weighted by atomic mass is 10.2. The Balaban J connectivity index is 1.79. The zero-order valence-corrected chi connectivity index (χ0v) is 12.8. The van der Waals surface area contributed by atoms with Crippen molar-refractivity contribution in [2.75, 3.05) is 11.9 Å². The second-order valence-corrected chi connectivity index (χ2v) is 5.31. The van der Waals surface area contributed by atoms with E-state index in [1.807, 2.05) is 37.3 Å². The van der Waals surface area contributed by atoms with Crippen LogP contribution in [-0.2, 0) is 11.3 Å². The van der Waals surface area contributed by atoms with Crippen molar-refractivity contribution in [2.24, 2.45) is 0 Å². The number of rotatable bonds is 5. The second kappa shape index (κ2) is 7.05. The highest BCUT2D eigenvalue weighted by atomic mass is 79.9. The van der Waals surface area contributed by atoms with E-state index in [1.54, 1.807) is 12.4 Å². The molecule has 0 atom stereocenters. The Hall–Kier alpha value is -1.88. The van der Waals surface area contributed by atoms with Crippen LogP contribution in [0.5, 0.6) is 0 Å². The molecule has 0 fully saturated rings. The Morgan fingerprint density at radius 1 is 1.35 bits per heavy atom. The molecule has 0 radical (unpaired) electrons. The molecule has 2 rings (SSSR count). The van der Waals surface area contributed by atoms with Crippen LogP contribution < -0.4 is 10.6 Å². The summed E-state index contributed by atoms with van der Waals surface area (Å²) < 4.78 is 1.06. The second-order valence-electron chi connectivity index (χ2n) is 4.46. The Morgan fingerprint density at radius 3 is 2.90 bits per heavy atom. The molecule has 20 heavy (non-hydrogen) atoms. The molecule has 0 saturated heterocycles. The summed E-state index contributed by atoms with van der Waals surface area (Å²) in [5.41, 5.74) is 3.05. The smallest absolute Gasteiger partial charge is 0.239 e. The van der Waals surface area contributed by atoms with Crippen molar-refractivity contribution in [3.8, 4) is 0 Å². The SMILES string of the molecule is Cc1cc(NCC(=O)NCc2cccnc2)ccc1Br. The van der Waals surface area contributed by atoms with Gasteiger partial charge in [-0.1, -0.05) is 22.0 Å². The number of hydrogen-bond acceptors (Lipinski definition) is 3. The monoisotopic (exact) mass is 333 g/mol. The fourth-order valence-corrected chi connectivity index (χ4v) is 1.95. The standard InChI is InChI=1S/C15H16BrN3O/c1-11-7-13(4-5-14(11)16)18-10-15(20)19-9-12-3-2-6-17-8-12/h2-8,18H,9-10H2,1H3,(H,19,20). The first kappa shape index (κ1) is 14.5. The maximum absolute atomic E-state index is 11.7. The maximum atomic E-state index is 11.7. The molecule has 2 aromatic rings. The highest BCUT2D eigenvalue weighted by Crippen LogP contribution is 2.19. The van der Waals surface area contributed by atoms with E-state index in [4.69, 9.17) is 0 Å². The van der Waals surface area contributed by atoms with Gasteiger partial charge < -0.3 is 10.6 Å². The van der Waals surface area contributed by atoms with Gasteiger partial charge in [-0.15, -0.1) is 0 Å². The Kier molecular flexibility index (Phi) is 5.12. The maximum Gasteiger partial charge on any atom is 0.239 e. The number of nitrogens with zero attached hydrogens (tertiary/aromatic N) is 1. The molecule has 0 unspecified atom stereocenters. The van der Waals surface area contributed by atoms with Crippen molar-refractivity contribution in [1.82, 2.24) is 10.3 Å². The van der Waals surface area contributed by atoms with Crippen molar-refractivity contribution in [3.05, 3.63) is 58.3 Å². The van der Waals surface area contributed by atoms with Crippen LogP contribution in [0.4, 0.5) is 5.69 Å². The molecule has 1 aromatic heterocycles. The molecule has 1 heterocycles.